The number of halogens is 3. The van der Waals surface area contributed by atoms with Crippen LogP contribution in [0, 0.1) is 6.92 Å². The van der Waals surface area contributed by atoms with E-state index in [0.29, 0.717) is 36.0 Å². The minimum absolute atomic E-state index is 0. The van der Waals surface area contributed by atoms with Gasteiger partial charge in [-0.3, -0.25) is 9.69 Å². The molecule has 3 N–H and O–H groups in total. The number of amides is 1. The fraction of sp³-hybridized carbons (Fsp3) is 0.350. The van der Waals surface area contributed by atoms with Crippen molar-refractivity contribution >= 4 is 48.0 Å². The monoisotopic (exact) mass is 445 g/mol. The quantitative estimate of drug-likeness (QED) is 0.684. The Kier molecular flexibility index (Phi) is 10.1. The molecule has 1 heterocycles. The number of nitrogen functional groups attached to an aromatic ring is 1. The van der Waals surface area contributed by atoms with Crippen molar-refractivity contribution in [1.29, 1.82) is 0 Å². The third-order valence-electron chi connectivity index (χ3n) is 4.70. The van der Waals surface area contributed by atoms with Crippen LogP contribution in [-0.4, -0.2) is 43.7 Å². The molecule has 1 fully saturated rings. The largest absolute Gasteiger partial charge is 0.399 e. The Hall–Kier alpha value is -1.50. The van der Waals surface area contributed by atoms with Crippen LogP contribution in [0.2, 0.25) is 5.02 Å². The van der Waals surface area contributed by atoms with Crippen molar-refractivity contribution in [2.75, 3.05) is 38.6 Å². The number of carbonyl (C=O) groups excluding carboxylic acids is 1. The molecular weight excluding hydrogens is 421 g/mol. The highest BCUT2D eigenvalue weighted by molar-refractivity contribution is 6.30. The topological polar surface area (TPSA) is 67.6 Å². The molecule has 0 bridgehead atoms. The maximum absolute atomic E-state index is 12.7. The van der Waals surface area contributed by atoms with E-state index in [1.54, 1.807) is 12.1 Å². The van der Waals surface area contributed by atoms with Gasteiger partial charge in [0.05, 0.1) is 19.3 Å². The van der Waals surface area contributed by atoms with Gasteiger partial charge in [-0.05, 0) is 42.3 Å². The van der Waals surface area contributed by atoms with Gasteiger partial charge < -0.3 is 15.8 Å². The number of nitrogens with zero attached hydrogens (tertiary/aromatic N) is 1. The predicted molar refractivity (Wildman–Crippen MR) is 119 cm³/mol. The fourth-order valence-corrected chi connectivity index (χ4v) is 3.33. The number of carbonyl (C=O) groups is 1. The van der Waals surface area contributed by atoms with Crippen molar-refractivity contribution in [3.8, 4) is 0 Å². The van der Waals surface area contributed by atoms with E-state index >= 15 is 0 Å². The highest BCUT2D eigenvalue weighted by Gasteiger charge is 2.23. The van der Waals surface area contributed by atoms with Crippen LogP contribution in [0.25, 0.3) is 0 Å². The zero-order valence-electron chi connectivity index (χ0n) is 15.7. The van der Waals surface area contributed by atoms with Gasteiger partial charge in [0, 0.05) is 35.9 Å². The Morgan fingerprint density at radius 2 is 1.82 bits per heavy atom. The van der Waals surface area contributed by atoms with E-state index in [-0.39, 0.29) is 36.8 Å². The van der Waals surface area contributed by atoms with Crippen LogP contribution in [0.5, 0.6) is 0 Å². The van der Waals surface area contributed by atoms with Gasteiger partial charge in [0.15, 0.2) is 0 Å². The van der Waals surface area contributed by atoms with Crippen LogP contribution >= 0.6 is 36.4 Å². The first kappa shape index (κ1) is 24.5. The van der Waals surface area contributed by atoms with Gasteiger partial charge in [-0.25, -0.2) is 0 Å². The molecule has 0 saturated carbocycles. The molecule has 2 aromatic carbocycles. The summed E-state index contributed by atoms with van der Waals surface area (Å²) in [7, 11) is 0. The summed E-state index contributed by atoms with van der Waals surface area (Å²) in [6.07, 6.45) is 0. The number of aryl methyl sites for hydroxylation is 1. The molecular formula is C20H26Cl3N3O2. The Balaban J connectivity index is 0.00000196. The summed E-state index contributed by atoms with van der Waals surface area (Å²) in [5.41, 5.74) is 9.06. The van der Waals surface area contributed by atoms with Crippen LogP contribution < -0.4 is 11.1 Å². The number of anilines is 1. The number of nitrogens with two attached hydrogens (primary N) is 1. The molecule has 8 heteroatoms. The standard InChI is InChI=1S/C20H24ClN3O2.2ClH/c1-14-2-7-17(22)12-18(14)20(25)23-13-19(24-8-10-26-11-9-24)15-3-5-16(21)6-4-15;;/h2-7,12,19H,8-11,13,22H2,1H3,(H,23,25);2*1H. The first-order valence-electron chi connectivity index (χ1n) is 8.76. The Labute approximate surface area is 183 Å². The van der Waals surface area contributed by atoms with Crippen LogP contribution in [0.15, 0.2) is 42.5 Å². The van der Waals surface area contributed by atoms with E-state index in [4.69, 9.17) is 22.1 Å². The second-order valence-corrected chi connectivity index (χ2v) is 6.94. The summed E-state index contributed by atoms with van der Waals surface area (Å²) in [4.78, 5) is 15.0. The number of rotatable bonds is 5. The first-order chi connectivity index (χ1) is 12.5. The van der Waals surface area contributed by atoms with E-state index in [2.05, 4.69) is 10.2 Å². The highest BCUT2D eigenvalue weighted by Crippen LogP contribution is 2.23. The lowest BCUT2D eigenvalue weighted by Gasteiger charge is -2.35. The normalized spacial score (nSPS) is 15.1. The minimum Gasteiger partial charge on any atom is -0.399 e. The molecule has 1 atom stereocenters. The van der Waals surface area contributed by atoms with Crippen molar-refractivity contribution < 1.29 is 9.53 Å². The summed E-state index contributed by atoms with van der Waals surface area (Å²) in [6.45, 7) is 5.49. The highest BCUT2D eigenvalue weighted by atomic mass is 35.5. The van der Waals surface area contributed by atoms with Gasteiger partial charge in [0.1, 0.15) is 0 Å². The van der Waals surface area contributed by atoms with E-state index in [1.165, 1.54) is 0 Å². The number of benzene rings is 2. The lowest BCUT2D eigenvalue weighted by molar-refractivity contribution is 0.0162. The van der Waals surface area contributed by atoms with Gasteiger partial charge in [-0.15, -0.1) is 24.8 Å². The molecule has 1 amide bonds. The average Bonchev–Trinajstić information content (AvgIpc) is 2.66. The lowest BCUT2D eigenvalue weighted by Crippen LogP contribution is -2.43. The molecule has 154 valence electrons. The molecule has 0 spiro atoms. The summed E-state index contributed by atoms with van der Waals surface area (Å²) in [5, 5.41) is 3.77. The van der Waals surface area contributed by atoms with Gasteiger partial charge in [-0.1, -0.05) is 29.8 Å². The Morgan fingerprint density at radius 1 is 1.18 bits per heavy atom. The van der Waals surface area contributed by atoms with Crippen LogP contribution in [0.1, 0.15) is 27.5 Å². The van der Waals surface area contributed by atoms with E-state index < -0.39 is 0 Å². The summed E-state index contributed by atoms with van der Waals surface area (Å²) in [6, 6.07) is 13.3. The maximum Gasteiger partial charge on any atom is 0.251 e. The lowest BCUT2D eigenvalue weighted by atomic mass is 10.0. The molecule has 5 nitrogen and oxygen atoms in total. The Bertz CT molecular complexity index is 766. The Morgan fingerprint density at radius 3 is 2.46 bits per heavy atom. The second kappa shape index (κ2) is 11.5. The van der Waals surface area contributed by atoms with Gasteiger partial charge in [-0.2, -0.15) is 0 Å². The summed E-state index contributed by atoms with van der Waals surface area (Å²) >= 11 is 6.03. The minimum atomic E-state index is -0.109. The van der Waals surface area contributed by atoms with E-state index in [0.717, 1.165) is 24.2 Å². The summed E-state index contributed by atoms with van der Waals surface area (Å²) in [5.74, 6) is -0.109. The zero-order chi connectivity index (χ0) is 18.5. The molecule has 1 unspecified atom stereocenters. The van der Waals surface area contributed by atoms with E-state index in [1.807, 2.05) is 37.3 Å². The molecule has 1 saturated heterocycles. The van der Waals surface area contributed by atoms with Crippen molar-refractivity contribution in [2.24, 2.45) is 0 Å². The third-order valence-corrected chi connectivity index (χ3v) is 4.96. The molecule has 0 radical (unpaired) electrons. The van der Waals surface area contributed by atoms with Gasteiger partial charge >= 0.3 is 0 Å². The second-order valence-electron chi connectivity index (χ2n) is 6.50. The molecule has 0 aromatic heterocycles. The van der Waals surface area contributed by atoms with Crippen LogP contribution in [0.3, 0.4) is 0 Å². The predicted octanol–water partition coefficient (Wildman–Crippen LogP) is 3.88. The molecule has 28 heavy (non-hydrogen) atoms. The molecule has 2 aromatic rings. The number of morpholine rings is 1. The fourth-order valence-electron chi connectivity index (χ4n) is 3.20. The maximum atomic E-state index is 12.7. The zero-order valence-corrected chi connectivity index (χ0v) is 18.1. The SMILES string of the molecule is Cc1ccc(N)cc1C(=O)NCC(c1ccc(Cl)cc1)N1CCOCC1.Cl.Cl. The van der Waals surface area contributed by atoms with Crippen molar-refractivity contribution in [2.45, 2.75) is 13.0 Å². The number of hydrogen-bond acceptors (Lipinski definition) is 4. The number of nitrogens with one attached hydrogen (secondary N) is 1. The number of ether oxygens (including phenoxy) is 1. The van der Waals surface area contributed by atoms with Crippen LogP contribution in [0.4, 0.5) is 5.69 Å². The average molecular weight is 447 g/mol. The molecule has 1 aliphatic rings. The van der Waals surface area contributed by atoms with Crippen molar-refractivity contribution in [3.63, 3.8) is 0 Å². The first-order valence-corrected chi connectivity index (χ1v) is 9.14. The van der Waals surface area contributed by atoms with E-state index in [9.17, 15) is 4.79 Å². The molecule has 1 aliphatic heterocycles. The smallest absolute Gasteiger partial charge is 0.251 e. The van der Waals surface area contributed by atoms with Gasteiger partial charge in [0.2, 0.25) is 0 Å². The molecule has 3 rings (SSSR count). The van der Waals surface area contributed by atoms with Crippen molar-refractivity contribution in [1.82, 2.24) is 10.2 Å². The summed E-state index contributed by atoms with van der Waals surface area (Å²) < 4.78 is 5.46. The van der Waals surface area contributed by atoms with Crippen molar-refractivity contribution in [3.05, 3.63) is 64.2 Å². The van der Waals surface area contributed by atoms with Gasteiger partial charge in [0.25, 0.3) is 5.91 Å². The number of hydrogen-bond donors (Lipinski definition) is 2. The van der Waals surface area contributed by atoms with Crippen LogP contribution in [-0.2, 0) is 4.74 Å². The molecule has 0 aliphatic carbocycles. The third kappa shape index (κ3) is 6.26.